The van der Waals surface area contributed by atoms with Gasteiger partial charge in [-0.1, -0.05) is 12.1 Å². The molecule has 1 heterocycles. The summed E-state index contributed by atoms with van der Waals surface area (Å²) in [7, 11) is 3.49. The number of nitrogens with one attached hydrogen (secondary N) is 2. The van der Waals surface area contributed by atoms with Crippen molar-refractivity contribution in [1.29, 1.82) is 0 Å². The van der Waals surface area contributed by atoms with Crippen LogP contribution in [0.3, 0.4) is 0 Å². The Hall–Kier alpha value is -1.79. The molecular formula is C20H33N3O3. The number of methoxy groups -OCH3 is 1. The highest BCUT2D eigenvalue weighted by Crippen LogP contribution is 2.14. The van der Waals surface area contributed by atoms with E-state index in [0.717, 1.165) is 76.9 Å². The Morgan fingerprint density at radius 1 is 1.23 bits per heavy atom. The van der Waals surface area contributed by atoms with E-state index in [9.17, 15) is 0 Å². The first-order chi connectivity index (χ1) is 12.8. The first-order valence-corrected chi connectivity index (χ1v) is 9.54. The fourth-order valence-electron chi connectivity index (χ4n) is 2.92. The molecule has 0 saturated carbocycles. The molecule has 6 heteroatoms. The zero-order chi connectivity index (χ0) is 18.5. The highest BCUT2D eigenvalue weighted by molar-refractivity contribution is 5.79. The summed E-state index contributed by atoms with van der Waals surface area (Å²) >= 11 is 0. The summed E-state index contributed by atoms with van der Waals surface area (Å²) in [4.78, 5) is 4.26. The molecule has 0 atom stereocenters. The molecule has 1 fully saturated rings. The molecule has 0 bridgehead atoms. The summed E-state index contributed by atoms with van der Waals surface area (Å²) < 4.78 is 16.4. The minimum Gasteiger partial charge on any atom is -0.497 e. The summed E-state index contributed by atoms with van der Waals surface area (Å²) in [6.45, 7) is 5.09. The second-order valence-electron chi connectivity index (χ2n) is 6.51. The van der Waals surface area contributed by atoms with E-state index >= 15 is 0 Å². The lowest BCUT2D eigenvalue weighted by Gasteiger charge is -2.21. The Bertz CT molecular complexity index is 531. The first-order valence-electron chi connectivity index (χ1n) is 9.54. The highest BCUT2D eigenvalue weighted by atomic mass is 16.5. The van der Waals surface area contributed by atoms with E-state index in [1.807, 2.05) is 12.1 Å². The van der Waals surface area contributed by atoms with Crippen molar-refractivity contribution in [2.24, 2.45) is 10.9 Å². The second-order valence-corrected chi connectivity index (χ2v) is 6.51. The van der Waals surface area contributed by atoms with Gasteiger partial charge in [0, 0.05) is 46.6 Å². The fourth-order valence-corrected chi connectivity index (χ4v) is 2.92. The van der Waals surface area contributed by atoms with Gasteiger partial charge in [0.15, 0.2) is 5.96 Å². The van der Waals surface area contributed by atoms with Gasteiger partial charge in [0.1, 0.15) is 5.75 Å². The van der Waals surface area contributed by atoms with Crippen LogP contribution in [0.25, 0.3) is 0 Å². The summed E-state index contributed by atoms with van der Waals surface area (Å²) in [5, 5.41) is 6.67. The van der Waals surface area contributed by atoms with Gasteiger partial charge < -0.3 is 24.8 Å². The lowest BCUT2D eigenvalue weighted by molar-refractivity contribution is 0.0203. The van der Waals surface area contributed by atoms with Crippen molar-refractivity contribution in [3.05, 3.63) is 29.8 Å². The van der Waals surface area contributed by atoms with Crippen LogP contribution in [0.4, 0.5) is 0 Å². The van der Waals surface area contributed by atoms with Crippen molar-refractivity contribution in [3.8, 4) is 5.75 Å². The molecule has 0 aromatic heterocycles. The quantitative estimate of drug-likeness (QED) is 0.379. The maximum absolute atomic E-state index is 5.78. The van der Waals surface area contributed by atoms with E-state index in [4.69, 9.17) is 14.2 Å². The third-order valence-corrected chi connectivity index (χ3v) is 4.52. The van der Waals surface area contributed by atoms with Gasteiger partial charge in [0.25, 0.3) is 0 Å². The third kappa shape index (κ3) is 8.06. The van der Waals surface area contributed by atoms with Crippen molar-refractivity contribution < 1.29 is 14.2 Å². The van der Waals surface area contributed by atoms with E-state index in [0.29, 0.717) is 5.92 Å². The molecule has 6 nitrogen and oxygen atoms in total. The Labute approximate surface area is 157 Å². The first kappa shape index (κ1) is 20.5. The van der Waals surface area contributed by atoms with Gasteiger partial charge in [-0.2, -0.15) is 0 Å². The zero-order valence-electron chi connectivity index (χ0n) is 16.1. The van der Waals surface area contributed by atoms with Crippen molar-refractivity contribution in [2.45, 2.75) is 25.7 Å². The standard InChI is InChI=1S/C20H33N3O3/c1-21-20(23-11-7-17-5-3-6-19(15-17)24-2)22-10-4-12-26-16-18-8-13-25-14-9-18/h3,5-6,15,18H,4,7-14,16H2,1-2H3,(H2,21,22,23). The topological polar surface area (TPSA) is 64.1 Å². The summed E-state index contributed by atoms with van der Waals surface area (Å²) in [6, 6.07) is 8.15. The molecule has 1 saturated heterocycles. The average Bonchev–Trinajstić information content (AvgIpc) is 2.70. The van der Waals surface area contributed by atoms with Crippen LogP contribution in [-0.2, 0) is 15.9 Å². The molecule has 1 aliphatic heterocycles. The molecule has 0 radical (unpaired) electrons. The van der Waals surface area contributed by atoms with Crippen LogP contribution in [-0.4, -0.2) is 59.6 Å². The maximum atomic E-state index is 5.78. The van der Waals surface area contributed by atoms with Crippen LogP contribution >= 0.6 is 0 Å². The monoisotopic (exact) mass is 363 g/mol. The molecule has 26 heavy (non-hydrogen) atoms. The molecule has 2 rings (SSSR count). The van der Waals surface area contributed by atoms with E-state index in [1.54, 1.807) is 14.2 Å². The van der Waals surface area contributed by atoms with Crippen LogP contribution in [0.2, 0.25) is 0 Å². The molecule has 2 N–H and O–H groups in total. The van der Waals surface area contributed by atoms with Crippen LogP contribution in [0.1, 0.15) is 24.8 Å². The van der Waals surface area contributed by atoms with Gasteiger partial charge in [-0.15, -0.1) is 0 Å². The SMILES string of the molecule is CN=C(NCCCOCC1CCOCC1)NCCc1cccc(OC)c1. The van der Waals surface area contributed by atoms with Crippen LogP contribution in [0.5, 0.6) is 5.75 Å². The number of ether oxygens (including phenoxy) is 3. The molecule has 0 spiro atoms. The predicted octanol–water partition coefficient (Wildman–Crippen LogP) is 2.24. The Balaban J connectivity index is 1.52. The lowest BCUT2D eigenvalue weighted by Crippen LogP contribution is -2.39. The normalized spacial score (nSPS) is 15.7. The fraction of sp³-hybridized carbons (Fsp3) is 0.650. The molecule has 146 valence electrons. The minimum absolute atomic E-state index is 0.669. The highest BCUT2D eigenvalue weighted by Gasteiger charge is 2.13. The van der Waals surface area contributed by atoms with Gasteiger partial charge in [-0.05, 0) is 49.3 Å². The molecule has 1 aliphatic rings. The molecular weight excluding hydrogens is 330 g/mol. The largest absolute Gasteiger partial charge is 0.497 e. The Morgan fingerprint density at radius 2 is 2.04 bits per heavy atom. The molecule has 1 aromatic rings. The van der Waals surface area contributed by atoms with Crippen LogP contribution < -0.4 is 15.4 Å². The third-order valence-electron chi connectivity index (χ3n) is 4.52. The smallest absolute Gasteiger partial charge is 0.190 e. The second kappa shape index (κ2) is 12.5. The summed E-state index contributed by atoms with van der Waals surface area (Å²) in [5.74, 6) is 2.39. The summed E-state index contributed by atoms with van der Waals surface area (Å²) in [5.41, 5.74) is 1.24. The van der Waals surface area contributed by atoms with E-state index in [2.05, 4.69) is 27.8 Å². The minimum atomic E-state index is 0.669. The number of hydrogen-bond donors (Lipinski definition) is 2. The van der Waals surface area contributed by atoms with Gasteiger partial charge in [0.2, 0.25) is 0 Å². The van der Waals surface area contributed by atoms with Gasteiger partial charge in [-0.25, -0.2) is 0 Å². The Kier molecular flexibility index (Phi) is 9.90. The number of aliphatic imine (C=N–C) groups is 1. The predicted molar refractivity (Wildman–Crippen MR) is 105 cm³/mol. The number of guanidine groups is 1. The number of rotatable bonds is 10. The zero-order valence-corrected chi connectivity index (χ0v) is 16.1. The van der Waals surface area contributed by atoms with Crippen molar-refractivity contribution in [3.63, 3.8) is 0 Å². The summed E-state index contributed by atoms with van der Waals surface area (Å²) in [6.07, 6.45) is 4.15. The van der Waals surface area contributed by atoms with Crippen molar-refractivity contribution in [2.75, 3.05) is 53.7 Å². The van der Waals surface area contributed by atoms with Crippen LogP contribution in [0.15, 0.2) is 29.3 Å². The van der Waals surface area contributed by atoms with Crippen molar-refractivity contribution >= 4 is 5.96 Å². The van der Waals surface area contributed by atoms with Crippen molar-refractivity contribution in [1.82, 2.24) is 10.6 Å². The van der Waals surface area contributed by atoms with Crippen LogP contribution in [0, 0.1) is 5.92 Å². The maximum Gasteiger partial charge on any atom is 0.190 e. The van der Waals surface area contributed by atoms with E-state index in [-0.39, 0.29) is 0 Å². The number of hydrogen-bond acceptors (Lipinski definition) is 4. The average molecular weight is 364 g/mol. The number of nitrogens with zero attached hydrogens (tertiary/aromatic N) is 1. The lowest BCUT2D eigenvalue weighted by atomic mass is 10.0. The van der Waals surface area contributed by atoms with Gasteiger partial charge in [0.05, 0.1) is 7.11 Å². The molecule has 1 aromatic carbocycles. The Morgan fingerprint density at radius 3 is 2.81 bits per heavy atom. The van der Waals surface area contributed by atoms with E-state index in [1.165, 1.54) is 5.56 Å². The van der Waals surface area contributed by atoms with Gasteiger partial charge >= 0.3 is 0 Å². The number of benzene rings is 1. The van der Waals surface area contributed by atoms with E-state index < -0.39 is 0 Å². The van der Waals surface area contributed by atoms with Gasteiger partial charge in [-0.3, -0.25) is 4.99 Å². The molecule has 0 amide bonds. The molecule has 0 unspecified atom stereocenters. The molecule has 0 aliphatic carbocycles.